The van der Waals surface area contributed by atoms with Crippen LogP contribution in [-0.4, -0.2) is 26.2 Å². The van der Waals surface area contributed by atoms with Gasteiger partial charge in [0.2, 0.25) is 0 Å². The number of carbonyl (C=O) groups is 1. The molecule has 140 valence electrons. The molecule has 2 bridgehead atoms. The molecular formula is C17H17F3N2O3S. The first-order valence-corrected chi connectivity index (χ1v) is 9.71. The van der Waals surface area contributed by atoms with E-state index in [1.165, 1.54) is 16.4 Å². The molecule has 2 aliphatic carbocycles. The summed E-state index contributed by atoms with van der Waals surface area (Å²) in [5.41, 5.74) is -1.61. The summed E-state index contributed by atoms with van der Waals surface area (Å²) in [6.07, 6.45) is -3.81. The first-order valence-electron chi connectivity index (χ1n) is 8.21. The van der Waals surface area contributed by atoms with Crippen molar-refractivity contribution in [1.82, 2.24) is 0 Å². The normalized spacial score (nSPS) is 36.1. The van der Waals surface area contributed by atoms with Crippen molar-refractivity contribution in [2.75, 3.05) is 10.8 Å². The van der Waals surface area contributed by atoms with Gasteiger partial charge in [0.05, 0.1) is 27.6 Å². The summed E-state index contributed by atoms with van der Waals surface area (Å²) < 4.78 is 62.0. The zero-order chi connectivity index (χ0) is 19.1. The standard InChI is InChI=1S/C17H17F3N2O3S/c1-16-10-4-12(15(23)5-10)14(16)8-22(26(16,24)25)11-3-2-9(7-21)13(6-11)17(18,19)20/h2-3,6,10,12,14,24-25H,4-5,8H2,1H3/t10-,12-,14-,16+/m0/s1. The average molecular weight is 386 g/mol. The number of hydrogen-bond acceptors (Lipinski definition) is 5. The summed E-state index contributed by atoms with van der Waals surface area (Å²) >= 11 is 0. The van der Waals surface area contributed by atoms with E-state index in [2.05, 4.69) is 0 Å². The summed E-state index contributed by atoms with van der Waals surface area (Å²) in [5, 5.41) is 8.93. The molecular weight excluding hydrogens is 369 g/mol. The fourth-order valence-electron chi connectivity index (χ4n) is 4.97. The van der Waals surface area contributed by atoms with E-state index in [1.807, 2.05) is 0 Å². The summed E-state index contributed by atoms with van der Waals surface area (Å²) in [6, 6.07) is 4.66. The molecule has 1 heterocycles. The molecule has 1 aliphatic heterocycles. The maximum absolute atomic E-state index is 13.3. The number of nitriles is 1. The summed E-state index contributed by atoms with van der Waals surface area (Å²) in [4.78, 5) is 12.1. The molecule has 2 N–H and O–H groups in total. The lowest BCUT2D eigenvalue weighted by Crippen LogP contribution is -2.43. The van der Waals surface area contributed by atoms with Gasteiger partial charge in [-0.1, -0.05) is 0 Å². The van der Waals surface area contributed by atoms with Gasteiger partial charge in [0.1, 0.15) is 5.78 Å². The van der Waals surface area contributed by atoms with Gasteiger partial charge < -0.3 is 0 Å². The summed E-state index contributed by atoms with van der Waals surface area (Å²) in [5.74, 6) is -0.615. The minimum Gasteiger partial charge on any atom is -0.299 e. The van der Waals surface area contributed by atoms with E-state index in [4.69, 9.17) is 5.26 Å². The third kappa shape index (κ3) is 2.03. The van der Waals surface area contributed by atoms with Crippen molar-refractivity contribution in [3.05, 3.63) is 29.3 Å². The fraction of sp³-hybridized carbons (Fsp3) is 0.529. The maximum Gasteiger partial charge on any atom is 0.417 e. The van der Waals surface area contributed by atoms with Crippen LogP contribution in [0.4, 0.5) is 18.9 Å². The van der Waals surface area contributed by atoms with E-state index in [-0.39, 0.29) is 35.8 Å². The molecule has 0 unspecified atom stereocenters. The highest BCUT2D eigenvalue weighted by molar-refractivity contribution is 8.26. The fourth-order valence-corrected chi connectivity index (χ4v) is 7.49. The second kappa shape index (κ2) is 5.15. The molecule has 9 heteroatoms. The van der Waals surface area contributed by atoms with Crippen molar-refractivity contribution >= 4 is 22.2 Å². The molecule has 0 radical (unpaired) electrons. The Bertz CT molecular complexity index is 851. The number of anilines is 1. The molecule has 0 aromatic heterocycles. The van der Waals surface area contributed by atoms with Crippen molar-refractivity contribution in [3.8, 4) is 6.07 Å². The van der Waals surface area contributed by atoms with Gasteiger partial charge in [-0.05, 0) is 37.5 Å². The van der Waals surface area contributed by atoms with Gasteiger partial charge in [-0.3, -0.25) is 18.2 Å². The smallest absolute Gasteiger partial charge is 0.299 e. The van der Waals surface area contributed by atoms with Crippen LogP contribution in [0.5, 0.6) is 0 Å². The molecule has 4 rings (SSSR count). The Morgan fingerprint density at radius 2 is 2.08 bits per heavy atom. The predicted molar refractivity (Wildman–Crippen MR) is 89.5 cm³/mol. The number of rotatable bonds is 1. The van der Waals surface area contributed by atoms with Crippen molar-refractivity contribution in [1.29, 1.82) is 5.26 Å². The summed E-state index contributed by atoms with van der Waals surface area (Å²) in [6.45, 7) is 1.85. The monoisotopic (exact) mass is 386 g/mol. The van der Waals surface area contributed by atoms with Crippen LogP contribution in [-0.2, 0) is 11.0 Å². The Morgan fingerprint density at radius 3 is 2.69 bits per heavy atom. The third-order valence-corrected chi connectivity index (χ3v) is 9.20. The molecule has 0 amide bonds. The number of hydrogen-bond donors (Lipinski definition) is 2. The lowest BCUT2D eigenvalue weighted by molar-refractivity contribution is -0.137. The molecule has 1 aromatic rings. The lowest BCUT2D eigenvalue weighted by Gasteiger charge is -2.51. The van der Waals surface area contributed by atoms with Crippen LogP contribution < -0.4 is 4.31 Å². The average Bonchev–Trinajstić information content (AvgIpc) is 3.13. The van der Waals surface area contributed by atoms with Crippen LogP contribution in [0.2, 0.25) is 0 Å². The van der Waals surface area contributed by atoms with E-state index < -0.39 is 32.8 Å². The second-order valence-electron chi connectivity index (χ2n) is 7.42. The van der Waals surface area contributed by atoms with Crippen LogP contribution in [0.3, 0.4) is 0 Å². The van der Waals surface area contributed by atoms with Gasteiger partial charge in [0, 0.05) is 24.8 Å². The van der Waals surface area contributed by atoms with Crippen molar-refractivity contribution in [2.45, 2.75) is 30.7 Å². The van der Waals surface area contributed by atoms with Gasteiger partial charge in [-0.15, -0.1) is 10.8 Å². The first kappa shape index (κ1) is 17.6. The minimum absolute atomic E-state index is 0.0128. The van der Waals surface area contributed by atoms with E-state index >= 15 is 0 Å². The van der Waals surface area contributed by atoms with Gasteiger partial charge in [-0.25, -0.2) is 0 Å². The van der Waals surface area contributed by atoms with Crippen LogP contribution in [0.15, 0.2) is 18.2 Å². The van der Waals surface area contributed by atoms with Crippen molar-refractivity contribution in [3.63, 3.8) is 0 Å². The van der Waals surface area contributed by atoms with Gasteiger partial charge >= 0.3 is 6.18 Å². The highest BCUT2D eigenvalue weighted by Crippen LogP contribution is 2.75. The number of ketones is 1. The number of nitrogens with zero attached hydrogens (tertiary/aromatic N) is 2. The Balaban J connectivity index is 1.79. The number of halogens is 3. The van der Waals surface area contributed by atoms with Gasteiger partial charge in [-0.2, -0.15) is 18.4 Å². The number of benzene rings is 1. The largest absolute Gasteiger partial charge is 0.417 e. The SMILES string of the molecule is C[C@@]12[C@@H]3CC(=O)[C@@H](C3)[C@@H]1CN(c1ccc(C#N)c(C(F)(F)F)c1)S2(O)O. The highest BCUT2D eigenvalue weighted by Gasteiger charge is 2.70. The zero-order valence-corrected chi connectivity index (χ0v) is 14.6. The molecule has 0 spiro atoms. The Hall–Kier alpha value is -1.76. The van der Waals surface area contributed by atoms with Crippen LogP contribution in [0.1, 0.15) is 30.9 Å². The van der Waals surface area contributed by atoms with E-state index in [0.717, 1.165) is 12.1 Å². The molecule has 1 aromatic carbocycles. The Morgan fingerprint density at radius 1 is 1.38 bits per heavy atom. The van der Waals surface area contributed by atoms with Gasteiger partial charge in [0.25, 0.3) is 0 Å². The van der Waals surface area contributed by atoms with Crippen LogP contribution in [0.25, 0.3) is 0 Å². The number of alkyl halides is 3. The number of fused-ring (bicyclic) bond motifs is 5. The van der Waals surface area contributed by atoms with Crippen LogP contribution in [0, 0.1) is 29.1 Å². The number of carbonyl (C=O) groups excluding carboxylic acids is 1. The molecule has 2 saturated carbocycles. The third-order valence-electron chi connectivity index (χ3n) is 6.41. The van der Waals surface area contributed by atoms with E-state index in [1.54, 1.807) is 6.92 Å². The quantitative estimate of drug-likeness (QED) is 0.761. The lowest BCUT2D eigenvalue weighted by atomic mass is 9.79. The first-order chi connectivity index (χ1) is 12.0. The molecule has 4 atom stereocenters. The van der Waals surface area contributed by atoms with Crippen LogP contribution >= 0.6 is 10.8 Å². The summed E-state index contributed by atoms with van der Waals surface area (Å²) in [7, 11) is -3.42. The topological polar surface area (TPSA) is 84.6 Å². The van der Waals surface area contributed by atoms with E-state index in [0.29, 0.717) is 12.8 Å². The second-order valence-corrected chi connectivity index (χ2v) is 9.78. The Labute approximate surface area is 149 Å². The molecule has 3 aliphatic rings. The number of Topliss-reactive ketones (excluding diaryl/α,β-unsaturated/α-hetero) is 1. The predicted octanol–water partition coefficient (Wildman–Crippen LogP) is 4.05. The zero-order valence-electron chi connectivity index (χ0n) is 13.8. The van der Waals surface area contributed by atoms with Crippen molar-refractivity contribution in [2.24, 2.45) is 17.8 Å². The molecule has 5 nitrogen and oxygen atoms in total. The molecule has 1 saturated heterocycles. The van der Waals surface area contributed by atoms with Gasteiger partial charge in [0.15, 0.2) is 0 Å². The molecule has 3 fully saturated rings. The Kier molecular flexibility index (Phi) is 3.50. The highest BCUT2D eigenvalue weighted by atomic mass is 32.3. The van der Waals surface area contributed by atoms with Crippen molar-refractivity contribution < 1.29 is 27.1 Å². The molecule has 26 heavy (non-hydrogen) atoms. The van der Waals surface area contributed by atoms with E-state index in [9.17, 15) is 27.1 Å². The maximum atomic E-state index is 13.3. The minimum atomic E-state index is -4.72.